The highest BCUT2D eigenvalue weighted by molar-refractivity contribution is 5.61. The first-order chi connectivity index (χ1) is 9.12. The molecule has 0 radical (unpaired) electrons. The molecule has 0 rings (SSSR count). The van der Waals surface area contributed by atoms with Crippen LogP contribution in [0.1, 0.15) is 41.5 Å². The Labute approximate surface area is 119 Å². The van der Waals surface area contributed by atoms with Gasteiger partial charge in [-0.1, -0.05) is 11.8 Å². The van der Waals surface area contributed by atoms with Gasteiger partial charge in [-0.25, -0.2) is 9.59 Å². The lowest BCUT2D eigenvalue weighted by atomic mass is 10.1. The van der Waals surface area contributed by atoms with E-state index in [1.165, 1.54) is 0 Å². The smallest absolute Gasteiger partial charge is 0.435 e. The summed E-state index contributed by atoms with van der Waals surface area (Å²) in [4.78, 5) is 22.5. The van der Waals surface area contributed by atoms with Crippen LogP contribution in [-0.2, 0) is 18.9 Å². The Morgan fingerprint density at radius 1 is 0.800 bits per heavy atom. The first kappa shape index (κ1) is 18.1. The van der Waals surface area contributed by atoms with E-state index in [1.807, 2.05) is 0 Å². The van der Waals surface area contributed by atoms with E-state index >= 15 is 0 Å². The zero-order valence-electron chi connectivity index (χ0n) is 12.9. The van der Waals surface area contributed by atoms with Crippen molar-refractivity contribution in [1.82, 2.24) is 0 Å². The Morgan fingerprint density at radius 3 is 1.35 bits per heavy atom. The van der Waals surface area contributed by atoms with Crippen LogP contribution in [0.15, 0.2) is 0 Å². The quantitative estimate of drug-likeness (QED) is 0.584. The Kier molecular flexibility index (Phi) is 6.91. The number of hydrogen-bond acceptors (Lipinski definition) is 6. The monoisotopic (exact) mass is 286 g/mol. The highest BCUT2D eigenvalue weighted by Gasteiger charge is 2.25. The maximum Gasteiger partial charge on any atom is 0.509 e. The molecule has 114 valence electrons. The summed E-state index contributed by atoms with van der Waals surface area (Å²) < 4.78 is 19.4. The van der Waals surface area contributed by atoms with Crippen molar-refractivity contribution in [2.75, 3.05) is 13.2 Å². The minimum absolute atomic E-state index is 0.222. The second-order valence-electron chi connectivity index (χ2n) is 4.84. The molecule has 0 aromatic carbocycles. The van der Waals surface area contributed by atoms with E-state index in [1.54, 1.807) is 41.5 Å². The fraction of sp³-hybridized carbons (Fsp3) is 0.714. The minimum Gasteiger partial charge on any atom is -0.435 e. The third kappa shape index (κ3) is 8.25. The van der Waals surface area contributed by atoms with Crippen molar-refractivity contribution in [3.63, 3.8) is 0 Å². The van der Waals surface area contributed by atoms with Gasteiger partial charge in [0.05, 0.1) is 13.2 Å². The van der Waals surface area contributed by atoms with E-state index in [9.17, 15) is 9.59 Å². The van der Waals surface area contributed by atoms with Crippen LogP contribution in [0.3, 0.4) is 0 Å². The molecule has 0 saturated heterocycles. The van der Waals surface area contributed by atoms with Gasteiger partial charge in [-0.15, -0.1) is 0 Å². The van der Waals surface area contributed by atoms with Crippen LogP contribution in [-0.4, -0.2) is 36.7 Å². The molecule has 0 amide bonds. The molecular formula is C14H22O6. The summed E-state index contributed by atoms with van der Waals surface area (Å²) in [6.45, 7) is 10.2. The van der Waals surface area contributed by atoms with Gasteiger partial charge in [-0.05, 0) is 41.5 Å². The third-order valence-corrected chi connectivity index (χ3v) is 1.87. The molecule has 0 aliphatic carbocycles. The largest absolute Gasteiger partial charge is 0.509 e. The molecule has 0 saturated carbocycles. The van der Waals surface area contributed by atoms with Gasteiger partial charge in [0.15, 0.2) is 11.2 Å². The second-order valence-corrected chi connectivity index (χ2v) is 4.84. The van der Waals surface area contributed by atoms with Gasteiger partial charge < -0.3 is 18.9 Å². The molecule has 20 heavy (non-hydrogen) atoms. The van der Waals surface area contributed by atoms with E-state index in [-0.39, 0.29) is 13.2 Å². The molecule has 0 aliphatic rings. The number of carbonyl (C=O) groups is 2. The number of rotatable bonds is 4. The molecule has 6 nitrogen and oxygen atoms in total. The predicted molar refractivity (Wildman–Crippen MR) is 72.1 cm³/mol. The lowest BCUT2D eigenvalue weighted by Crippen LogP contribution is -2.30. The van der Waals surface area contributed by atoms with Gasteiger partial charge >= 0.3 is 12.3 Å². The second kappa shape index (κ2) is 7.63. The molecule has 0 unspecified atom stereocenters. The van der Waals surface area contributed by atoms with Crippen LogP contribution in [0, 0.1) is 11.8 Å². The summed E-state index contributed by atoms with van der Waals surface area (Å²) in [7, 11) is 0. The normalized spacial score (nSPS) is 10.9. The molecule has 0 heterocycles. The fourth-order valence-corrected chi connectivity index (χ4v) is 1.06. The summed E-state index contributed by atoms with van der Waals surface area (Å²) in [5.41, 5.74) is -2.11. The number of ether oxygens (including phenoxy) is 4. The average molecular weight is 286 g/mol. The van der Waals surface area contributed by atoms with Crippen LogP contribution in [0.2, 0.25) is 0 Å². The first-order valence-corrected chi connectivity index (χ1v) is 6.37. The maximum atomic E-state index is 11.2. The van der Waals surface area contributed by atoms with Gasteiger partial charge in [-0.2, -0.15) is 0 Å². The van der Waals surface area contributed by atoms with Crippen molar-refractivity contribution >= 4 is 12.3 Å². The molecule has 0 spiro atoms. The Bertz CT molecular complexity index is 364. The lowest BCUT2D eigenvalue weighted by Gasteiger charge is -2.21. The summed E-state index contributed by atoms with van der Waals surface area (Å²) in [5.74, 6) is 5.46. The Balaban J connectivity index is 4.66. The highest BCUT2D eigenvalue weighted by atomic mass is 16.7. The zero-order valence-corrected chi connectivity index (χ0v) is 12.9. The first-order valence-electron chi connectivity index (χ1n) is 6.37. The van der Waals surface area contributed by atoms with Crippen LogP contribution in [0.4, 0.5) is 9.59 Å². The van der Waals surface area contributed by atoms with E-state index in [0.717, 1.165) is 0 Å². The summed E-state index contributed by atoms with van der Waals surface area (Å²) in [6, 6.07) is 0. The SMILES string of the molecule is CCOC(=O)OC(C)(C)C#CC(C)(C)OC(=O)OCC. The van der Waals surface area contributed by atoms with Crippen molar-refractivity contribution < 1.29 is 28.5 Å². The lowest BCUT2D eigenvalue weighted by molar-refractivity contribution is 0.00664. The number of carbonyl (C=O) groups excluding carboxylic acids is 2. The van der Waals surface area contributed by atoms with Crippen molar-refractivity contribution in [3.8, 4) is 11.8 Å². The minimum atomic E-state index is -1.05. The molecule has 0 aromatic rings. The van der Waals surface area contributed by atoms with E-state index in [4.69, 9.17) is 9.47 Å². The molecular weight excluding hydrogens is 264 g/mol. The maximum absolute atomic E-state index is 11.2. The van der Waals surface area contributed by atoms with Gasteiger partial charge in [0.2, 0.25) is 0 Å². The fourth-order valence-electron chi connectivity index (χ4n) is 1.06. The number of hydrogen-bond donors (Lipinski definition) is 0. The van der Waals surface area contributed by atoms with Gasteiger partial charge in [0.25, 0.3) is 0 Å². The van der Waals surface area contributed by atoms with Crippen molar-refractivity contribution in [3.05, 3.63) is 0 Å². The molecule has 0 N–H and O–H groups in total. The predicted octanol–water partition coefficient (Wildman–Crippen LogP) is 2.89. The van der Waals surface area contributed by atoms with E-state index in [0.29, 0.717) is 0 Å². The van der Waals surface area contributed by atoms with Crippen LogP contribution >= 0.6 is 0 Å². The molecule has 6 heteroatoms. The molecule has 0 aliphatic heterocycles. The van der Waals surface area contributed by atoms with Crippen LogP contribution in [0.25, 0.3) is 0 Å². The van der Waals surface area contributed by atoms with Crippen molar-refractivity contribution in [2.24, 2.45) is 0 Å². The average Bonchev–Trinajstić information content (AvgIpc) is 2.26. The summed E-state index contributed by atoms with van der Waals surface area (Å²) >= 11 is 0. The topological polar surface area (TPSA) is 71.1 Å². The molecule has 0 aromatic heterocycles. The molecule has 0 atom stereocenters. The molecule has 0 bridgehead atoms. The Morgan fingerprint density at radius 2 is 1.10 bits per heavy atom. The van der Waals surface area contributed by atoms with Crippen molar-refractivity contribution in [2.45, 2.75) is 52.7 Å². The van der Waals surface area contributed by atoms with Crippen LogP contribution in [0.5, 0.6) is 0 Å². The van der Waals surface area contributed by atoms with E-state index in [2.05, 4.69) is 21.3 Å². The standard InChI is InChI=1S/C14H22O6/c1-7-17-11(15)19-13(3,4)9-10-14(5,6)20-12(16)18-8-2/h7-8H2,1-6H3. The van der Waals surface area contributed by atoms with E-state index < -0.39 is 23.5 Å². The third-order valence-electron chi connectivity index (χ3n) is 1.87. The van der Waals surface area contributed by atoms with Crippen molar-refractivity contribution in [1.29, 1.82) is 0 Å². The molecule has 0 fully saturated rings. The van der Waals surface area contributed by atoms with Gasteiger partial charge in [-0.3, -0.25) is 0 Å². The van der Waals surface area contributed by atoms with Gasteiger partial charge in [0.1, 0.15) is 0 Å². The highest BCUT2D eigenvalue weighted by Crippen LogP contribution is 2.13. The van der Waals surface area contributed by atoms with Crippen LogP contribution < -0.4 is 0 Å². The summed E-state index contributed by atoms with van der Waals surface area (Å²) in [6.07, 6.45) is -1.59. The Hall–Kier alpha value is -1.90. The zero-order chi connectivity index (χ0) is 15.8. The summed E-state index contributed by atoms with van der Waals surface area (Å²) in [5, 5.41) is 0. The van der Waals surface area contributed by atoms with Gasteiger partial charge in [0, 0.05) is 0 Å².